The Labute approximate surface area is 151 Å². The highest BCUT2D eigenvalue weighted by Crippen LogP contribution is 2.19. The van der Waals surface area contributed by atoms with Gasteiger partial charge in [0.05, 0.1) is 0 Å². The molecule has 1 atom stereocenters. The molecule has 1 fully saturated rings. The first-order valence-electron chi connectivity index (χ1n) is 8.46. The molecule has 1 unspecified atom stereocenters. The topological polar surface area (TPSA) is 108 Å². The molecule has 0 bridgehead atoms. The molecule has 142 valence electrons. The van der Waals surface area contributed by atoms with Crippen LogP contribution in [0, 0.1) is 5.82 Å². The fourth-order valence-electron chi connectivity index (χ4n) is 2.74. The SMILES string of the molecule is CC(C)NC(=O)N1CCN(C(=O)c2cccc(F)c2)C1C(=O)NCCN. The van der Waals surface area contributed by atoms with Crippen molar-refractivity contribution in [2.75, 3.05) is 26.2 Å². The minimum atomic E-state index is -1.11. The molecule has 1 aliphatic rings. The number of urea groups is 1. The largest absolute Gasteiger partial charge is 0.351 e. The number of halogens is 1. The van der Waals surface area contributed by atoms with Crippen LogP contribution in [-0.4, -0.2) is 66.0 Å². The summed E-state index contributed by atoms with van der Waals surface area (Å²) in [7, 11) is 0. The van der Waals surface area contributed by atoms with Crippen LogP contribution in [0.5, 0.6) is 0 Å². The molecule has 1 aromatic carbocycles. The number of nitrogens with two attached hydrogens (primary N) is 1. The van der Waals surface area contributed by atoms with Crippen LogP contribution in [0.1, 0.15) is 24.2 Å². The van der Waals surface area contributed by atoms with Crippen LogP contribution in [0.3, 0.4) is 0 Å². The Morgan fingerprint density at radius 3 is 2.58 bits per heavy atom. The number of amides is 4. The van der Waals surface area contributed by atoms with Gasteiger partial charge in [-0.15, -0.1) is 0 Å². The molecule has 1 aliphatic heterocycles. The maximum atomic E-state index is 13.4. The van der Waals surface area contributed by atoms with E-state index in [-0.39, 0.29) is 37.8 Å². The number of rotatable bonds is 5. The van der Waals surface area contributed by atoms with Gasteiger partial charge in [-0.3, -0.25) is 14.5 Å². The standard InChI is InChI=1S/C17H24FN5O3/c1-11(2)21-17(26)23-9-8-22(15(23)14(24)20-7-6-19)16(25)12-4-3-5-13(18)10-12/h3-5,10-11,15H,6-9,19H2,1-2H3,(H,20,24)(H,21,26). The Morgan fingerprint density at radius 1 is 1.27 bits per heavy atom. The molecule has 4 N–H and O–H groups in total. The molecule has 9 heteroatoms. The maximum Gasteiger partial charge on any atom is 0.319 e. The molecular formula is C17H24FN5O3. The minimum Gasteiger partial charge on any atom is -0.351 e. The van der Waals surface area contributed by atoms with Crippen LogP contribution in [0.4, 0.5) is 9.18 Å². The van der Waals surface area contributed by atoms with E-state index in [4.69, 9.17) is 5.73 Å². The average molecular weight is 365 g/mol. The third-order valence-electron chi connectivity index (χ3n) is 3.86. The van der Waals surface area contributed by atoms with Crippen LogP contribution in [0.15, 0.2) is 24.3 Å². The van der Waals surface area contributed by atoms with E-state index in [0.29, 0.717) is 0 Å². The number of hydrogen-bond donors (Lipinski definition) is 3. The first kappa shape index (κ1) is 19.6. The third-order valence-corrected chi connectivity index (χ3v) is 3.86. The van der Waals surface area contributed by atoms with Gasteiger partial charge in [0.25, 0.3) is 11.8 Å². The molecule has 0 aromatic heterocycles. The lowest BCUT2D eigenvalue weighted by molar-refractivity contribution is -0.127. The van der Waals surface area contributed by atoms with Crippen LogP contribution >= 0.6 is 0 Å². The van der Waals surface area contributed by atoms with E-state index < -0.39 is 29.8 Å². The van der Waals surface area contributed by atoms with Crippen molar-refractivity contribution in [2.45, 2.75) is 26.1 Å². The quantitative estimate of drug-likeness (QED) is 0.688. The molecule has 0 saturated carbocycles. The van der Waals surface area contributed by atoms with Crippen molar-refractivity contribution < 1.29 is 18.8 Å². The van der Waals surface area contributed by atoms with Gasteiger partial charge in [-0.2, -0.15) is 0 Å². The maximum absolute atomic E-state index is 13.4. The van der Waals surface area contributed by atoms with E-state index in [1.165, 1.54) is 28.0 Å². The molecule has 0 aliphatic carbocycles. The summed E-state index contributed by atoms with van der Waals surface area (Å²) < 4.78 is 13.4. The lowest BCUT2D eigenvalue weighted by atomic mass is 10.2. The summed E-state index contributed by atoms with van der Waals surface area (Å²) in [6.45, 7) is 4.41. The van der Waals surface area contributed by atoms with Gasteiger partial charge >= 0.3 is 6.03 Å². The summed E-state index contributed by atoms with van der Waals surface area (Å²) in [5.41, 5.74) is 5.53. The minimum absolute atomic E-state index is 0.118. The van der Waals surface area contributed by atoms with Crippen molar-refractivity contribution in [2.24, 2.45) is 5.73 Å². The smallest absolute Gasteiger partial charge is 0.319 e. The molecule has 0 radical (unpaired) electrons. The molecule has 4 amide bonds. The highest BCUT2D eigenvalue weighted by Gasteiger charge is 2.42. The van der Waals surface area contributed by atoms with Gasteiger partial charge in [0, 0.05) is 37.8 Å². The number of hydrogen-bond acceptors (Lipinski definition) is 4. The lowest BCUT2D eigenvalue weighted by Gasteiger charge is -2.29. The number of nitrogens with one attached hydrogen (secondary N) is 2. The summed E-state index contributed by atoms with van der Waals surface area (Å²) in [5.74, 6) is -1.57. The van der Waals surface area contributed by atoms with Gasteiger partial charge < -0.3 is 21.3 Å². The summed E-state index contributed by atoms with van der Waals surface area (Å²) in [6, 6.07) is 4.66. The molecule has 8 nitrogen and oxygen atoms in total. The van der Waals surface area contributed by atoms with Gasteiger partial charge in [0.2, 0.25) is 0 Å². The van der Waals surface area contributed by atoms with Crippen molar-refractivity contribution >= 4 is 17.8 Å². The van der Waals surface area contributed by atoms with Gasteiger partial charge in [-0.25, -0.2) is 9.18 Å². The Hall–Kier alpha value is -2.68. The van der Waals surface area contributed by atoms with E-state index in [9.17, 15) is 18.8 Å². The van der Waals surface area contributed by atoms with Crippen LogP contribution in [0.25, 0.3) is 0 Å². The second-order valence-corrected chi connectivity index (χ2v) is 6.26. The van der Waals surface area contributed by atoms with E-state index in [2.05, 4.69) is 10.6 Å². The summed E-state index contributed by atoms with van der Waals surface area (Å²) in [6.07, 6.45) is -1.11. The van der Waals surface area contributed by atoms with Crippen molar-refractivity contribution in [1.29, 1.82) is 0 Å². The second-order valence-electron chi connectivity index (χ2n) is 6.26. The van der Waals surface area contributed by atoms with E-state index >= 15 is 0 Å². The predicted octanol–water partition coefficient (Wildman–Crippen LogP) is 0.103. The van der Waals surface area contributed by atoms with Gasteiger partial charge in [0.15, 0.2) is 6.17 Å². The second kappa shape index (κ2) is 8.61. The zero-order valence-electron chi connectivity index (χ0n) is 14.9. The van der Waals surface area contributed by atoms with E-state index in [1.807, 2.05) is 0 Å². The molecular weight excluding hydrogens is 341 g/mol. The molecule has 2 rings (SSSR count). The lowest BCUT2D eigenvalue weighted by Crippen LogP contribution is -2.56. The van der Waals surface area contributed by atoms with Crippen LogP contribution in [-0.2, 0) is 4.79 Å². The monoisotopic (exact) mass is 365 g/mol. The Balaban J connectivity index is 2.27. The molecule has 26 heavy (non-hydrogen) atoms. The van der Waals surface area contributed by atoms with E-state index in [0.717, 1.165) is 6.07 Å². The van der Waals surface area contributed by atoms with Crippen molar-refractivity contribution in [1.82, 2.24) is 20.4 Å². The van der Waals surface area contributed by atoms with Crippen molar-refractivity contribution in [3.63, 3.8) is 0 Å². The number of nitrogens with zero attached hydrogens (tertiary/aromatic N) is 2. The Kier molecular flexibility index (Phi) is 6.51. The summed E-state index contributed by atoms with van der Waals surface area (Å²) in [4.78, 5) is 40.3. The highest BCUT2D eigenvalue weighted by molar-refractivity contribution is 5.99. The molecule has 1 heterocycles. The van der Waals surface area contributed by atoms with Crippen molar-refractivity contribution in [3.8, 4) is 0 Å². The number of carbonyl (C=O) groups excluding carboxylic acids is 3. The Morgan fingerprint density at radius 2 is 1.96 bits per heavy atom. The molecule has 1 aromatic rings. The van der Waals surface area contributed by atoms with E-state index in [1.54, 1.807) is 13.8 Å². The fourth-order valence-corrected chi connectivity index (χ4v) is 2.74. The van der Waals surface area contributed by atoms with Gasteiger partial charge in [-0.05, 0) is 32.0 Å². The summed E-state index contributed by atoms with van der Waals surface area (Å²) in [5, 5.41) is 5.32. The first-order valence-corrected chi connectivity index (χ1v) is 8.46. The van der Waals surface area contributed by atoms with Gasteiger partial charge in [-0.1, -0.05) is 6.07 Å². The zero-order valence-corrected chi connectivity index (χ0v) is 14.9. The Bertz CT molecular complexity index is 682. The first-order chi connectivity index (χ1) is 12.3. The molecule has 1 saturated heterocycles. The van der Waals surface area contributed by atoms with Crippen LogP contribution < -0.4 is 16.4 Å². The zero-order chi connectivity index (χ0) is 19.3. The highest BCUT2D eigenvalue weighted by atomic mass is 19.1. The van der Waals surface area contributed by atoms with Gasteiger partial charge in [0.1, 0.15) is 5.82 Å². The fraction of sp³-hybridized carbons (Fsp3) is 0.471. The summed E-state index contributed by atoms with van der Waals surface area (Å²) >= 11 is 0. The van der Waals surface area contributed by atoms with Crippen LogP contribution in [0.2, 0.25) is 0 Å². The predicted molar refractivity (Wildman–Crippen MR) is 93.7 cm³/mol. The number of benzene rings is 1. The molecule has 0 spiro atoms. The van der Waals surface area contributed by atoms with Crippen molar-refractivity contribution in [3.05, 3.63) is 35.6 Å². The normalized spacial score (nSPS) is 16.7. The third kappa shape index (κ3) is 4.48. The number of carbonyl (C=O) groups is 3. The average Bonchev–Trinajstić information content (AvgIpc) is 3.03.